The lowest BCUT2D eigenvalue weighted by Crippen LogP contribution is -2.25. The van der Waals surface area contributed by atoms with E-state index >= 15 is 0 Å². The highest BCUT2D eigenvalue weighted by Gasteiger charge is 2.27. The number of amides is 1. The number of aliphatic carboxylic acids is 1. The third kappa shape index (κ3) is 3.80. The maximum atomic E-state index is 12.0. The summed E-state index contributed by atoms with van der Waals surface area (Å²) in [5.74, 6) is -0.705. The lowest BCUT2D eigenvalue weighted by Gasteiger charge is -2.11. The fourth-order valence-electron chi connectivity index (χ4n) is 1.85. The van der Waals surface area contributed by atoms with Gasteiger partial charge in [-0.15, -0.1) is 0 Å². The molecule has 9 heteroatoms. The Bertz CT molecular complexity index is 719. The minimum Gasteiger partial charge on any atom is -0.493 e. The molecule has 0 unspecified atom stereocenters. The Balaban J connectivity index is 2.35. The molecule has 1 fully saturated rings. The summed E-state index contributed by atoms with van der Waals surface area (Å²) < 4.78 is 11.0. The predicted octanol–water partition coefficient (Wildman–Crippen LogP) is 1.61. The number of nitrogens with zero attached hydrogens (tertiary/aromatic N) is 1. The van der Waals surface area contributed by atoms with Crippen LogP contribution in [-0.4, -0.2) is 47.8 Å². The molecule has 23 heavy (non-hydrogen) atoms. The molecule has 0 bridgehead atoms. The topological polar surface area (TPSA) is 88.1 Å². The number of rotatable bonds is 5. The molecule has 2 rings (SSSR count). The second kappa shape index (κ2) is 6.97. The highest BCUT2D eigenvalue weighted by atomic mass is 79.9. The summed E-state index contributed by atoms with van der Waals surface area (Å²) in [5.41, 5.74) is 0.984. The van der Waals surface area contributed by atoms with E-state index in [-0.39, 0.29) is 11.7 Å². The van der Waals surface area contributed by atoms with Gasteiger partial charge in [0.15, 0.2) is 23.2 Å². The van der Waals surface area contributed by atoms with Crippen molar-refractivity contribution in [3.05, 3.63) is 27.9 Å². The van der Waals surface area contributed by atoms with Crippen molar-refractivity contribution in [2.45, 2.75) is 0 Å². The van der Waals surface area contributed by atoms with Crippen LogP contribution in [-0.2, 0) is 9.59 Å². The van der Waals surface area contributed by atoms with E-state index in [0.717, 1.165) is 0 Å². The van der Waals surface area contributed by atoms with Crippen molar-refractivity contribution in [2.24, 2.45) is 0 Å². The monoisotopic (exact) mass is 400 g/mol. The molecule has 1 aromatic carbocycles. The molecule has 0 radical (unpaired) electrons. The first-order valence-corrected chi connectivity index (χ1v) is 7.56. The van der Waals surface area contributed by atoms with Crippen LogP contribution in [0.5, 0.6) is 11.5 Å². The molecule has 0 aliphatic carbocycles. The Kier molecular flexibility index (Phi) is 5.22. The number of carbonyl (C=O) groups excluding carboxylic acids is 1. The van der Waals surface area contributed by atoms with Gasteiger partial charge in [-0.2, -0.15) is 0 Å². The van der Waals surface area contributed by atoms with Gasteiger partial charge in [-0.05, 0) is 36.0 Å². The van der Waals surface area contributed by atoms with E-state index in [9.17, 15) is 9.59 Å². The van der Waals surface area contributed by atoms with Crippen LogP contribution in [0.15, 0.2) is 22.3 Å². The molecular formula is C14H13BrN2O5S. The number of methoxy groups -OCH3 is 1. The van der Waals surface area contributed by atoms with Crippen LogP contribution in [0.2, 0.25) is 0 Å². The SMILES string of the molecule is COc1cc(/C=C2\NC(=S)N(C)C2=O)c(Br)cc1OCC(=O)O. The number of thiocarbonyl (C=S) groups is 1. The summed E-state index contributed by atoms with van der Waals surface area (Å²) >= 11 is 8.38. The molecule has 0 spiro atoms. The number of carbonyl (C=O) groups is 2. The predicted molar refractivity (Wildman–Crippen MR) is 90.3 cm³/mol. The van der Waals surface area contributed by atoms with Crippen LogP contribution < -0.4 is 14.8 Å². The lowest BCUT2D eigenvalue weighted by molar-refractivity contribution is -0.139. The standard InChI is InChI=1S/C14H13BrN2O5S/c1-17-13(20)9(16-14(17)23)3-7-4-10(21-2)11(5-8(7)15)22-6-12(18)19/h3-5H,6H2,1-2H3,(H,16,23)(H,18,19)/b9-3-. The van der Waals surface area contributed by atoms with Gasteiger partial charge in [0.05, 0.1) is 7.11 Å². The van der Waals surface area contributed by atoms with Gasteiger partial charge in [-0.25, -0.2) is 4.79 Å². The zero-order valence-corrected chi connectivity index (χ0v) is 14.7. The minimum atomic E-state index is -1.09. The number of hydrogen-bond acceptors (Lipinski definition) is 5. The molecule has 1 heterocycles. The molecule has 0 saturated carbocycles. The van der Waals surface area contributed by atoms with Gasteiger partial charge in [0.25, 0.3) is 5.91 Å². The summed E-state index contributed by atoms with van der Waals surface area (Å²) in [5, 5.41) is 11.8. The van der Waals surface area contributed by atoms with Crippen LogP contribution in [0.25, 0.3) is 6.08 Å². The molecule has 1 aliphatic rings. The van der Waals surface area contributed by atoms with Crippen molar-refractivity contribution in [3.8, 4) is 11.5 Å². The molecular weight excluding hydrogens is 388 g/mol. The first kappa shape index (κ1) is 17.2. The molecule has 1 amide bonds. The zero-order valence-electron chi connectivity index (χ0n) is 12.3. The van der Waals surface area contributed by atoms with E-state index in [1.807, 2.05) is 0 Å². The van der Waals surface area contributed by atoms with E-state index in [2.05, 4.69) is 21.2 Å². The summed E-state index contributed by atoms with van der Waals surface area (Å²) in [6, 6.07) is 3.21. The maximum Gasteiger partial charge on any atom is 0.341 e. The maximum absolute atomic E-state index is 12.0. The van der Waals surface area contributed by atoms with E-state index in [4.69, 9.17) is 26.8 Å². The van der Waals surface area contributed by atoms with Gasteiger partial charge in [0, 0.05) is 11.5 Å². The van der Waals surface area contributed by atoms with Gasteiger partial charge in [-0.3, -0.25) is 9.69 Å². The lowest BCUT2D eigenvalue weighted by atomic mass is 10.1. The minimum absolute atomic E-state index is 0.243. The molecule has 122 valence electrons. The number of benzene rings is 1. The largest absolute Gasteiger partial charge is 0.493 e. The van der Waals surface area contributed by atoms with E-state index in [0.29, 0.717) is 26.6 Å². The zero-order chi connectivity index (χ0) is 17.1. The number of halogens is 1. The third-order valence-corrected chi connectivity index (χ3v) is 4.08. The number of hydrogen-bond donors (Lipinski definition) is 2. The van der Waals surface area contributed by atoms with Gasteiger partial charge in [0.2, 0.25) is 0 Å². The molecule has 0 aromatic heterocycles. The number of carboxylic acids is 1. The van der Waals surface area contributed by atoms with Gasteiger partial charge < -0.3 is 19.9 Å². The average molecular weight is 401 g/mol. The average Bonchev–Trinajstić information content (AvgIpc) is 2.74. The van der Waals surface area contributed by atoms with E-state index in [1.54, 1.807) is 25.3 Å². The quantitative estimate of drug-likeness (QED) is 0.573. The van der Waals surface area contributed by atoms with E-state index in [1.165, 1.54) is 12.0 Å². The number of likely N-dealkylation sites (N-methyl/N-ethyl adjacent to an activating group) is 1. The Morgan fingerprint density at radius 1 is 1.48 bits per heavy atom. The smallest absolute Gasteiger partial charge is 0.341 e. The molecule has 0 atom stereocenters. The Morgan fingerprint density at radius 2 is 2.17 bits per heavy atom. The normalized spacial score (nSPS) is 15.8. The highest BCUT2D eigenvalue weighted by Crippen LogP contribution is 2.34. The van der Waals surface area contributed by atoms with Gasteiger partial charge in [-0.1, -0.05) is 15.9 Å². The second-order valence-electron chi connectivity index (χ2n) is 4.56. The third-order valence-electron chi connectivity index (χ3n) is 3.02. The summed E-state index contributed by atoms with van der Waals surface area (Å²) in [6.07, 6.45) is 1.62. The number of carboxylic acid groups (broad SMARTS) is 1. The summed E-state index contributed by atoms with van der Waals surface area (Å²) in [7, 11) is 3.02. The first-order chi connectivity index (χ1) is 10.8. The van der Waals surface area contributed by atoms with Gasteiger partial charge in [0.1, 0.15) is 5.70 Å². The number of nitrogens with one attached hydrogen (secondary N) is 1. The second-order valence-corrected chi connectivity index (χ2v) is 5.80. The Hall–Kier alpha value is -2.13. The first-order valence-electron chi connectivity index (χ1n) is 6.36. The Labute approximate surface area is 146 Å². The van der Waals surface area contributed by atoms with Crippen molar-refractivity contribution >= 4 is 51.2 Å². The molecule has 2 N–H and O–H groups in total. The van der Waals surface area contributed by atoms with Crippen LogP contribution in [0.1, 0.15) is 5.56 Å². The van der Waals surface area contributed by atoms with Crippen LogP contribution in [0.3, 0.4) is 0 Å². The molecule has 1 aromatic rings. The Morgan fingerprint density at radius 3 is 2.70 bits per heavy atom. The molecule has 7 nitrogen and oxygen atoms in total. The fraction of sp³-hybridized carbons (Fsp3) is 0.214. The van der Waals surface area contributed by atoms with Crippen LogP contribution in [0, 0.1) is 0 Å². The van der Waals surface area contributed by atoms with Gasteiger partial charge >= 0.3 is 5.97 Å². The highest BCUT2D eigenvalue weighted by molar-refractivity contribution is 9.10. The van der Waals surface area contributed by atoms with Crippen molar-refractivity contribution < 1.29 is 24.2 Å². The van der Waals surface area contributed by atoms with Crippen LogP contribution >= 0.6 is 28.1 Å². The molecule has 1 aliphatic heterocycles. The van der Waals surface area contributed by atoms with Crippen molar-refractivity contribution in [1.29, 1.82) is 0 Å². The number of ether oxygens (including phenoxy) is 2. The van der Waals surface area contributed by atoms with E-state index < -0.39 is 12.6 Å². The van der Waals surface area contributed by atoms with Crippen LogP contribution in [0.4, 0.5) is 0 Å². The molecule has 1 saturated heterocycles. The summed E-state index contributed by atoms with van der Waals surface area (Å²) in [6.45, 7) is -0.484. The van der Waals surface area contributed by atoms with Crippen molar-refractivity contribution in [3.63, 3.8) is 0 Å². The summed E-state index contributed by atoms with van der Waals surface area (Å²) in [4.78, 5) is 23.9. The van der Waals surface area contributed by atoms with Crippen molar-refractivity contribution in [2.75, 3.05) is 20.8 Å². The fourth-order valence-corrected chi connectivity index (χ4v) is 2.48. The van der Waals surface area contributed by atoms with Crippen molar-refractivity contribution in [1.82, 2.24) is 10.2 Å².